The number of aromatic nitrogens is 1. The van der Waals surface area contributed by atoms with Gasteiger partial charge in [-0.3, -0.25) is 4.99 Å². The first-order valence-electron chi connectivity index (χ1n) is 9.59. The zero-order valence-corrected chi connectivity index (χ0v) is 20.2. The average molecular weight is 554 g/mol. The molecule has 0 bridgehead atoms. The number of thiazole rings is 1. The van der Waals surface area contributed by atoms with Crippen molar-refractivity contribution in [3.63, 3.8) is 0 Å². The molecule has 1 aromatic heterocycles. The van der Waals surface area contributed by atoms with Crippen LogP contribution in [-0.2, 0) is 6.42 Å². The van der Waals surface area contributed by atoms with Gasteiger partial charge in [-0.1, -0.05) is 18.2 Å². The standard InChI is InChI=1S/C20H25F3N4OS.HI/c1-4-24-19(25-10-9-18-26-12(2)13(3)29-18)27-16-11-15(16)14-7-5-6-8-17(14)28-20(21,22)23;/h5-8,15-16H,4,9-11H2,1-3H3,(H2,24,25,27);1H. The summed E-state index contributed by atoms with van der Waals surface area (Å²) in [5.41, 5.74) is 1.62. The number of aryl methyl sites for hydroxylation is 2. The first-order valence-corrected chi connectivity index (χ1v) is 10.4. The van der Waals surface area contributed by atoms with Gasteiger partial charge in [-0.2, -0.15) is 0 Å². The maximum Gasteiger partial charge on any atom is 0.573 e. The SMILES string of the molecule is CCNC(=NCCc1nc(C)c(C)s1)NC1CC1c1ccccc1OC(F)(F)F.I. The summed E-state index contributed by atoms with van der Waals surface area (Å²) in [6.45, 7) is 7.32. The molecule has 3 rings (SSSR count). The zero-order chi connectivity index (χ0) is 21.0. The van der Waals surface area contributed by atoms with Crippen molar-refractivity contribution in [2.24, 2.45) is 4.99 Å². The number of benzene rings is 1. The normalized spacial score (nSPS) is 18.5. The number of para-hydroxylation sites is 1. The number of ether oxygens (including phenoxy) is 1. The van der Waals surface area contributed by atoms with Crippen molar-refractivity contribution in [1.82, 2.24) is 15.6 Å². The number of guanidine groups is 1. The highest BCUT2D eigenvalue weighted by Crippen LogP contribution is 2.45. The summed E-state index contributed by atoms with van der Waals surface area (Å²) in [5, 5.41) is 7.57. The van der Waals surface area contributed by atoms with E-state index in [-0.39, 0.29) is 41.7 Å². The average Bonchev–Trinajstić information content (AvgIpc) is 3.31. The van der Waals surface area contributed by atoms with Crippen molar-refractivity contribution in [2.75, 3.05) is 13.1 Å². The van der Waals surface area contributed by atoms with Crippen molar-refractivity contribution in [1.29, 1.82) is 0 Å². The third-order valence-electron chi connectivity index (χ3n) is 4.67. The highest BCUT2D eigenvalue weighted by atomic mass is 127. The Hall–Kier alpha value is -1.56. The Morgan fingerprint density at radius 1 is 1.30 bits per heavy atom. The molecule has 2 atom stereocenters. The molecule has 1 fully saturated rings. The van der Waals surface area contributed by atoms with Crippen molar-refractivity contribution in [2.45, 2.75) is 51.9 Å². The number of aliphatic imine (C=N–C) groups is 1. The summed E-state index contributed by atoms with van der Waals surface area (Å²) < 4.78 is 42.1. The summed E-state index contributed by atoms with van der Waals surface area (Å²) in [6.07, 6.45) is -3.21. The third-order valence-corrected chi connectivity index (χ3v) is 5.80. The van der Waals surface area contributed by atoms with Crippen LogP contribution in [-0.4, -0.2) is 36.4 Å². The first-order chi connectivity index (χ1) is 13.8. The molecule has 0 saturated heterocycles. The van der Waals surface area contributed by atoms with E-state index >= 15 is 0 Å². The van der Waals surface area contributed by atoms with E-state index in [4.69, 9.17) is 0 Å². The monoisotopic (exact) mass is 554 g/mol. The molecule has 30 heavy (non-hydrogen) atoms. The fourth-order valence-electron chi connectivity index (χ4n) is 3.11. The molecule has 0 amide bonds. The van der Waals surface area contributed by atoms with Crippen LogP contribution in [0.4, 0.5) is 13.2 Å². The van der Waals surface area contributed by atoms with Gasteiger partial charge in [-0.25, -0.2) is 4.98 Å². The van der Waals surface area contributed by atoms with E-state index in [1.165, 1.54) is 10.9 Å². The molecule has 1 aliphatic carbocycles. The second-order valence-corrected chi connectivity index (χ2v) is 8.23. The second-order valence-electron chi connectivity index (χ2n) is 6.94. The van der Waals surface area contributed by atoms with Crippen LogP contribution in [0.25, 0.3) is 0 Å². The topological polar surface area (TPSA) is 58.5 Å². The van der Waals surface area contributed by atoms with Crippen molar-refractivity contribution < 1.29 is 17.9 Å². The number of hydrogen-bond donors (Lipinski definition) is 2. The minimum atomic E-state index is -4.70. The van der Waals surface area contributed by atoms with Gasteiger partial charge in [0, 0.05) is 36.3 Å². The molecule has 0 spiro atoms. The van der Waals surface area contributed by atoms with E-state index in [9.17, 15) is 13.2 Å². The Kier molecular flexibility index (Phi) is 8.77. The van der Waals surface area contributed by atoms with Crippen LogP contribution in [0.5, 0.6) is 5.75 Å². The van der Waals surface area contributed by atoms with Gasteiger partial charge in [-0.05, 0) is 38.8 Å². The van der Waals surface area contributed by atoms with Crippen LogP contribution in [0.2, 0.25) is 0 Å². The Morgan fingerprint density at radius 2 is 2.03 bits per heavy atom. The number of halogens is 4. The summed E-state index contributed by atoms with van der Waals surface area (Å²) in [4.78, 5) is 10.3. The highest BCUT2D eigenvalue weighted by molar-refractivity contribution is 14.0. The van der Waals surface area contributed by atoms with Crippen LogP contribution in [0.3, 0.4) is 0 Å². The predicted molar refractivity (Wildman–Crippen MR) is 124 cm³/mol. The Balaban J connectivity index is 0.00000320. The molecule has 2 aromatic rings. The lowest BCUT2D eigenvalue weighted by atomic mass is 10.1. The maximum absolute atomic E-state index is 12.6. The molecule has 1 heterocycles. The summed E-state index contributed by atoms with van der Waals surface area (Å²) in [6, 6.07) is 6.34. The summed E-state index contributed by atoms with van der Waals surface area (Å²) >= 11 is 1.68. The van der Waals surface area contributed by atoms with Gasteiger partial charge in [0.1, 0.15) is 5.75 Å². The molecule has 10 heteroatoms. The molecular formula is C20H26F3IN4OS. The largest absolute Gasteiger partial charge is 0.573 e. The minimum absolute atomic E-state index is 0. The van der Waals surface area contributed by atoms with Crippen molar-refractivity contribution >= 4 is 41.3 Å². The first kappa shape index (κ1) is 24.7. The Bertz CT molecular complexity index is 852. The van der Waals surface area contributed by atoms with Gasteiger partial charge in [0.15, 0.2) is 5.96 Å². The predicted octanol–water partition coefficient (Wildman–Crippen LogP) is 4.93. The van der Waals surface area contributed by atoms with Gasteiger partial charge in [0.05, 0.1) is 10.7 Å². The van der Waals surface area contributed by atoms with Crippen LogP contribution in [0.15, 0.2) is 29.3 Å². The quantitative estimate of drug-likeness (QED) is 0.290. The lowest BCUT2D eigenvalue weighted by Gasteiger charge is -2.14. The number of alkyl halides is 3. The van der Waals surface area contributed by atoms with Crippen LogP contribution in [0, 0.1) is 13.8 Å². The molecular weight excluding hydrogens is 528 g/mol. The van der Waals surface area contributed by atoms with E-state index in [2.05, 4.69) is 32.3 Å². The molecule has 1 aromatic carbocycles. The summed E-state index contributed by atoms with van der Waals surface area (Å²) in [5.74, 6) is 0.492. The van der Waals surface area contributed by atoms with Gasteiger partial charge in [0.25, 0.3) is 0 Å². The molecule has 1 saturated carbocycles. The van der Waals surface area contributed by atoms with Crippen molar-refractivity contribution in [3.8, 4) is 5.75 Å². The van der Waals surface area contributed by atoms with Crippen LogP contribution < -0.4 is 15.4 Å². The fraction of sp³-hybridized carbons (Fsp3) is 0.500. The van der Waals surface area contributed by atoms with Gasteiger partial charge < -0.3 is 15.4 Å². The highest BCUT2D eigenvalue weighted by Gasteiger charge is 2.42. The lowest BCUT2D eigenvalue weighted by Crippen LogP contribution is -2.39. The Morgan fingerprint density at radius 3 is 2.67 bits per heavy atom. The number of rotatable bonds is 7. The molecule has 2 N–H and O–H groups in total. The van der Waals surface area contributed by atoms with E-state index in [1.54, 1.807) is 29.5 Å². The zero-order valence-electron chi connectivity index (χ0n) is 17.0. The van der Waals surface area contributed by atoms with Gasteiger partial charge in [-0.15, -0.1) is 48.5 Å². The lowest BCUT2D eigenvalue weighted by molar-refractivity contribution is -0.274. The Labute approximate surface area is 195 Å². The number of nitrogens with zero attached hydrogens (tertiary/aromatic N) is 2. The van der Waals surface area contributed by atoms with Crippen LogP contribution >= 0.6 is 35.3 Å². The van der Waals surface area contributed by atoms with E-state index in [0.717, 1.165) is 23.5 Å². The van der Waals surface area contributed by atoms with Crippen molar-refractivity contribution in [3.05, 3.63) is 45.4 Å². The molecule has 166 valence electrons. The number of hydrogen-bond acceptors (Lipinski definition) is 4. The molecule has 2 unspecified atom stereocenters. The third kappa shape index (κ3) is 7.00. The van der Waals surface area contributed by atoms with E-state index < -0.39 is 6.36 Å². The van der Waals surface area contributed by atoms with Crippen LogP contribution in [0.1, 0.15) is 40.4 Å². The maximum atomic E-state index is 12.6. The second kappa shape index (κ2) is 10.7. The molecule has 1 aliphatic rings. The fourth-order valence-corrected chi connectivity index (χ4v) is 4.03. The molecule has 0 radical (unpaired) electrons. The van der Waals surface area contributed by atoms with Gasteiger partial charge >= 0.3 is 6.36 Å². The van der Waals surface area contributed by atoms with Gasteiger partial charge in [0.2, 0.25) is 0 Å². The summed E-state index contributed by atoms with van der Waals surface area (Å²) in [7, 11) is 0. The smallest absolute Gasteiger partial charge is 0.405 e. The molecule has 0 aliphatic heterocycles. The van der Waals surface area contributed by atoms with E-state index in [1.807, 2.05) is 13.8 Å². The van der Waals surface area contributed by atoms with E-state index in [0.29, 0.717) is 24.6 Å². The minimum Gasteiger partial charge on any atom is -0.405 e. The molecule has 5 nitrogen and oxygen atoms in total. The number of nitrogens with one attached hydrogen (secondary N) is 2.